The maximum atomic E-state index is 12.5. The molecule has 1 unspecified atom stereocenters. The molecular formula is C10H11ClF3N3O. The van der Waals surface area contributed by atoms with Crippen molar-refractivity contribution in [2.45, 2.75) is 25.6 Å². The molecule has 0 aromatic carbocycles. The monoisotopic (exact) mass is 281 g/mol. The Morgan fingerprint density at radius 3 is 2.67 bits per heavy atom. The Morgan fingerprint density at radius 2 is 2.17 bits per heavy atom. The number of hydrogen-bond acceptors (Lipinski definition) is 3. The molecule has 0 spiro atoms. The minimum Gasteiger partial charge on any atom is -0.370 e. The van der Waals surface area contributed by atoms with Crippen molar-refractivity contribution < 1.29 is 18.0 Å². The van der Waals surface area contributed by atoms with Gasteiger partial charge in [0, 0.05) is 12.5 Å². The van der Waals surface area contributed by atoms with Gasteiger partial charge in [-0.3, -0.25) is 4.79 Å². The molecule has 18 heavy (non-hydrogen) atoms. The number of rotatable bonds is 4. The van der Waals surface area contributed by atoms with Crippen LogP contribution in [0.3, 0.4) is 0 Å². The lowest BCUT2D eigenvalue weighted by molar-refractivity contribution is -0.137. The van der Waals surface area contributed by atoms with Crippen LogP contribution in [0.2, 0.25) is 5.15 Å². The third kappa shape index (κ3) is 4.40. The topological polar surface area (TPSA) is 68.0 Å². The smallest absolute Gasteiger partial charge is 0.370 e. The first-order chi connectivity index (χ1) is 8.18. The van der Waals surface area contributed by atoms with Gasteiger partial charge in [0.1, 0.15) is 11.0 Å². The number of aromatic nitrogens is 1. The molecule has 0 aliphatic rings. The Labute approximate surface area is 106 Å². The third-order valence-corrected chi connectivity index (χ3v) is 2.22. The Hall–Kier alpha value is -1.50. The number of pyridine rings is 1. The van der Waals surface area contributed by atoms with E-state index in [1.807, 2.05) is 0 Å². The number of amides is 1. The van der Waals surface area contributed by atoms with Crippen molar-refractivity contribution in [3.8, 4) is 0 Å². The summed E-state index contributed by atoms with van der Waals surface area (Å²) in [5.41, 5.74) is 4.06. The Morgan fingerprint density at radius 1 is 1.56 bits per heavy atom. The summed E-state index contributed by atoms with van der Waals surface area (Å²) in [6.45, 7) is 1.60. The molecule has 1 amide bonds. The zero-order chi connectivity index (χ0) is 13.9. The van der Waals surface area contributed by atoms with Gasteiger partial charge >= 0.3 is 6.18 Å². The number of carbonyl (C=O) groups is 1. The van der Waals surface area contributed by atoms with E-state index in [4.69, 9.17) is 17.3 Å². The van der Waals surface area contributed by atoms with Gasteiger partial charge in [0.05, 0.1) is 5.56 Å². The van der Waals surface area contributed by atoms with Crippen molar-refractivity contribution in [3.63, 3.8) is 0 Å². The standard InChI is InChI=1S/C10H11ClF3N3O/c1-5(2-8(15)18)16-9-4-6(10(12,13)14)3-7(11)17-9/h3-5H,2H2,1H3,(H2,15,18)(H,16,17). The summed E-state index contributed by atoms with van der Waals surface area (Å²) in [7, 11) is 0. The number of alkyl halides is 3. The number of hydrogen-bond donors (Lipinski definition) is 2. The molecule has 0 fully saturated rings. The largest absolute Gasteiger partial charge is 0.416 e. The van der Waals surface area contributed by atoms with Crippen LogP contribution in [0.15, 0.2) is 12.1 Å². The predicted octanol–water partition coefficient (Wildman–Crippen LogP) is 2.43. The van der Waals surface area contributed by atoms with Gasteiger partial charge in [-0.15, -0.1) is 0 Å². The van der Waals surface area contributed by atoms with E-state index >= 15 is 0 Å². The molecule has 1 aromatic rings. The fourth-order valence-corrected chi connectivity index (χ4v) is 1.55. The molecule has 0 bridgehead atoms. The molecule has 4 nitrogen and oxygen atoms in total. The summed E-state index contributed by atoms with van der Waals surface area (Å²) >= 11 is 5.50. The van der Waals surface area contributed by atoms with Crippen molar-refractivity contribution in [1.29, 1.82) is 0 Å². The SMILES string of the molecule is CC(CC(N)=O)Nc1cc(C(F)(F)F)cc(Cl)n1. The Bertz CT molecular complexity index is 450. The van der Waals surface area contributed by atoms with Crippen LogP contribution < -0.4 is 11.1 Å². The summed E-state index contributed by atoms with van der Waals surface area (Å²) in [6.07, 6.45) is -4.52. The summed E-state index contributed by atoms with van der Waals surface area (Å²) in [5, 5.41) is 2.35. The van der Waals surface area contributed by atoms with E-state index in [2.05, 4.69) is 10.3 Å². The van der Waals surface area contributed by atoms with Gasteiger partial charge in [-0.05, 0) is 19.1 Å². The van der Waals surface area contributed by atoms with Gasteiger partial charge in [0.25, 0.3) is 0 Å². The average molecular weight is 282 g/mol. The van der Waals surface area contributed by atoms with Crippen LogP contribution in [-0.4, -0.2) is 16.9 Å². The van der Waals surface area contributed by atoms with E-state index in [1.165, 1.54) is 0 Å². The first-order valence-electron chi connectivity index (χ1n) is 4.98. The minimum absolute atomic E-state index is 0.0183. The predicted molar refractivity (Wildman–Crippen MR) is 61.1 cm³/mol. The van der Waals surface area contributed by atoms with Crippen LogP contribution >= 0.6 is 11.6 Å². The number of carbonyl (C=O) groups excluding carboxylic acids is 1. The lowest BCUT2D eigenvalue weighted by atomic mass is 10.2. The van der Waals surface area contributed by atoms with E-state index in [-0.39, 0.29) is 17.4 Å². The van der Waals surface area contributed by atoms with Gasteiger partial charge in [-0.1, -0.05) is 11.6 Å². The fourth-order valence-electron chi connectivity index (χ4n) is 1.34. The van der Waals surface area contributed by atoms with E-state index in [0.29, 0.717) is 0 Å². The third-order valence-electron chi connectivity index (χ3n) is 2.02. The first kappa shape index (κ1) is 14.6. The van der Waals surface area contributed by atoms with Crippen LogP contribution in [0.4, 0.5) is 19.0 Å². The molecule has 0 radical (unpaired) electrons. The second kappa shape index (κ2) is 5.43. The van der Waals surface area contributed by atoms with Crippen LogP contribution in [0, 0.1) is 0 Å². The number of anilines is 1. The molecule has 8 heteroatoms. The van der Waals surface area contributed by atoms with Gasteiger partial charge in [-0.2, -0.15) is 13.2 Å². The number of nitrogens with zero attached hydrogens (tertiary/aromatic N) is 1. The highest BCUT2D eigenvalue weighted by molar-refractivity contribution is 6.29. The number of nitrogens with two attached hydrogens (primary N) is 1. The summed E-state index contributed by atoms with van der Waals surface area (Å²) in [4.78, 5) is 14.3. The highest BCUT2D eigenvalue weighted by atomic mass is 35.5. The molecule has 0 saturated heterocycles. The van der Waals surface area contributed by atoms with Crippen LogP contribution in [0.25, 0.3) is 0 Å². The van der Waals surface area contributed by atoms with Gasteiger partial charge in [0.15, 0.2) is 0 Å². The molecule has 1 aromatic heterocycles. The van der Waals surface area contributed by atoms with Crippen LogP contribution in [-0.2, 0) is 11.0 Å². The van der Waals surface area contributed by atoms with Crippen molar-refractivity contribution in [1.82, 2.24) is 4.98 Å². The second-order valence-corrected chi connectivity index (χ2v) is 4.16. The lowest BCUT2D eigenvalue weighted by Crippen LogP contribution is -2.24. The van der Waals surface area contributed by atoms with E-state index in [0.717, 1.165) is 12.1 Å². The summed E-state index contributed by atoms with van der Waals surface area (Å²) < 4.78 is 37.5. The molecule has 1 atom stereocenters. The molecule has 100 valence electrons. The van der Waals surface area contributed by atoms with Crippen molar-refractivity contribution >= 4 is 23.3 Å². The highest BCUT2D eigenvalue weighted by Crippen LogP contribution is 2.32. The average Bonchev–Trinajstić information content (AvgIpc) is 2.13. The maximum absolute atomic E-state index is 12.5. The van der Waals surface area contributed by atoms with Gasteiger partial charge in [-0.25, -0.2) is 4.98 Å². The lowest BCUT2D eigenvalue weighted by Gasteiger charge is -2.14. The minimum atomic E-state index is -4.50. The van der Waals surface area contributed by atoms with Gasteiger partial charge < -0.3 is 11.1 Å². The van der Waals surface area contributed by atoms with E-state index < -0.39 is 23.7 Å². The molecule has 0 saturated carbocycles. The highest BCUT2D eigenvalue weighted by Gasteiger charge is 2.31. The zero-order valence-corrected chi connectivity index (χ0v) is 10.1. The molecule has 1 heterocycles. The zero-order valence-electron chi connectivity index (χ0n) is 9.38. The number of nitrogens with one attached hydrogen (secondary N) is 1. The van der Waals surface area contributed by atoms with Crippen LogP contribution in [0.1, 0.15) is 18.9 Å². The molecule has 0 aliphatic heterocycles. The van der Waals surface area contributed by atoms with Crippen molar-refractivity contribution in [3.05, 3.63) is 22.8 Å². The summed E-state index contributed by atoms with van der Waals surface area (Å²) in [5.74, 6) is -0.614. The first-order valence-corrected chi connectivity index (χ1v) is 5.36. The quantitative estimate of drug-likeness (QED) is 0.833. The normalized spacial score (nSPS) is 13.2. The van der Waals surface area contributed by atoms with E-state index in [9.17, 15) is 18.0 Å². The fraction of sp³-hybridized carbons (Fsp3) is 0.400. The maximum Gasteiger partial charge on any atom is 0.416 e. The van der Waals surface area contributed by atoms with Gasteiger partial charge in [0.2, 0.25) is 5.91 Å². The van der Waals surface area contributed by atoms with Crippen molar-refractivity contribution in [2.24, 2.45) is 5.73 Å². The Kier molecular flexibility index (Phi) is 4.39. The number of primary amides is 1. The second-order valence-electron chi connectivity index (χ2n) is 3.78. The molecule has 3 N–H and O–H groups in total. The van der Waals surface area contributed by atoms with Crippen molar-refractivity contribution in [2.75, 3.05) is 5.32 Å². The van der Waals surface area contributed by atoms with Crippen LogP contribution in [0.5, 0.6) is 0 Å². The molecule has 1 rings (SSSR count). The Balaban J connectivity index is 2.90. The summed E-state index contributed by atoms with van der Waals surface area (Å²) in [6, 6.07) is 1.11. The van der Waals surface area contributed by atoms with E-state index in [1.54, 1.807) is 6.92 Å². The molecular weight excluding hydrogens is 271 g/mol. The number of halogens is 4. The molecule has 0 aliphatic carbocycles.